The highest BCUT2D eigenvalue weighted by Gasteiger charge is 2.57. The fourth-order valence-corrected chi connectivity index (χ4v) is 13.0. The van der Waals surface area contributed by atoms with Crippen molar-refractivity contribution in [2.45, 2.75) is 91.4 Å². The van der Waals surface area contributed by atoms with Crippen LogP contribution >= 0.6 is 0 Å². The number of hydrogen-bond donors (Lipinski definition) is 11. The molecule has 17 unspecified atom stereocenters. The van der Waals surface area contributed by atoms with Gasteiger partial charge in [-0.05, 0) is 81.7 Å². The third-order valence-electron chi connectivity index (χ3n) is 15.2. The summed E-state index contributed by atoms with van der Waals surface area (Å²) in [6.07, 6.45) is 9.61. The molecule has 11 N–H and O–H groups in total. The van der Waals surface area contributed by atoms with Crippen molar-refractivity contribution < 1.29 is 40.9 Å². The van der Waals surface area contributed by atoms with Gasteiger partial charge >= 0.3 is 0 Å². The van der Waals surface area contributed by atoms with E-state index in [0.29, 0.717) is 24.3 Å². The smallest absolute Gasteiger partial charge is 0.0912 e. The Hall–Kier alpha value is -4.11. The largest absolute Gasteiger partial charge is 0.390 e. The number of hydrogen-bond acceptors (Lipinski definition) is 10. The van der Waals surface area contributed by atoms with Crippen LogP contribution in [0.3, 0.4) is 0 Å². The van der Waals surface area contributed by atoms with Crippen LogP contribution in [0.5, 0.6) is 0 Å². The van der Waals surface area contributed by atoms with Gasteiger partial charge in [-0.1, -0.05) is 24.3 Å². The third-order valence-corrected chi connectivity index (χ3v) is 15.2. The van der Waals surface area contributed by atoms with Crippen molar-refractivity contribution in [2.24, 2.45) is 28.7 Å². The summed E-state index contributed by atoms with van der Waals surface area (Å²) in [6.45, 7) is 0. The topological polar surface area (TPSA) is 218 Å². The number of aromatic amines is 2. The van der Waals surface area contributed by atoms with Gasteiger partial charge in [-0.3, -0.25) is 0 Å². The summed E-state index contributed by atoms with van der Waals surface area (Å²) in [5, 5.41) is 95.2. The molecule has 5 heterocycles. The van der Waals surface area contributed by atoms with E-state index in [2.05, 4.69) is 21.4 Å². The Labute approximate surface area is 308 Å². The minimum atomic E-state index is -1.01. The minimum Gasteiger partial charge on any atom is -0.390 e. The molecule has 10 aliphatic carbocycles. The molecule has 54 heavy (non-hydrogen) atoms. The van der Waals surface area contributed by atoms with Gasteiger partial charge < -0.3 is 56.1 Å². The molecule has 2 saturated carbocycles. The second-order valence-electron chi connectivity index (χ2n) is 17.5. The Morgan fingerprint density at radius 1 is 0.500 bits per heavy atom. The van der Waals surface area contributed by atoms with Gasteiger partial charge in [0.2, 0.25) is 0 Å². The van der Waals surface area contributed by atoms with Crippen molar-refractivity contribution in [2.75, 3.05) is 0 Å². The number of rotatable bonds is 0. The van der Waals surface area contributed by atoms with E-state index in [-0.39, 0.29) is 29.7 Å². The van der Waals surface area contributed by atoms with Crippen LogP contribution in [-0.2, 0) is 0 Å². The third kappa shape index (κ3) is 3.48. The van der Waals surface area contributed by atoms with E-state index in [0.717, 1.165) is 72.3 Å². The van der Waals surface area contributed by atoms with E-state index in [9.17, 15) is 40.9 Å². The van der Waals surface area contributed by atoms with Crippen molar-refractivity contribution >= 4 is 30.0 Å². The maximum Gasteiger partial charge on any atom is 0.0912 e. The zero-order chi connectivity index (χ0) is 36.4. The molecule has 12 heteroatoms. The Kier molecular flexibility index (Phi) is 5.77. The van der Waals surface area contributed by atoms with E-state index >= 15 is 0 Å². The molecular formula is C42H40N4O8. The van der Waals surface area contributed by atoms with Gasteiger partial charge in [-0.2, -0.15) is 0 Å². The standard InChI is InChI=1S/C42H40N4O8/c47-35-11-1-3-13(37(35)49)29-21-8-23-31-15-5-17(41(53)39(15)51)33(31)25(45-23)10-26-34-18-6-16(40(52)42(18)54)32(34)24(46-26)9-22-30-14-4-2-12(36(48)38(14)50)28(30)20(44-22)7-19(43-21)27(11)29/h1-4,7-18,25,35-43,45-54H,5-6H2/b20-7-,23-8-,24-9-,26-10-. The molecule has 16 bridgehead atoms. The highest BCUT2D eigenvalue weighted by Crippen LogP contribution is 2.57. The first-order valence-electron chi connectivity index (χ1n) is 19.4. The molecule has 12 nitrogen and oxygen atoms in total. The fraction of sp³-hybridized carbons (Fsp3) is 0.452. The number of aliphatic hydroxyl groups is 8. The van der Waals surface area contributed by atoms with Gasteiger partial charge in [-0.25, -0.2) is 4.99 Å². The summed E-state index contributed by atoms with van der Waals surface area (Å²) < 4.78 is 0. The molecule has 0 spiro atoms. The van der Waals surface area contributed by atoms with Crippen LogP contribution in [0.15, 0.2) is 63.0 Å². The number of nitrogens with zero attached hydrogens (tertiary/aromatic N) is 1. The molecule has 13 aliphatic rings. The summed E-state index contributed by atoms with van der Waals surface area (Å²) in [7, 11) is 0. The van der Waals surface area contributed by atoms with E-state index in [1.54, 1.807) is 0 Å². The predicted octanol–water partition coefficient (Wildman–Crippen LogP) is -0.993. The molecule has 15 rings (SSSR count). The second kappa shape index (κ2) is 10.00. The first-order chi connectivity index (χ1) is 26.1. The van der Waals surface area contributed by atoms with Crippen molar-refractivity contribution in [1.29, 1.82) is 0 Å². The molecule has 0 radical (unpaired) electrons. The highest BCUT2D eigenvalue weighted by atomic mass is 16.3. The average Bonchev–Trinajstić information content (AvgIpc) is 4.03. The molecule has 2 aromatic heterocycles. The van der Waals surface area contributed by atoms with Crippen LogP contribution < -0.4 is 16.0 Å². The average molecular weight is 729 g/mol. The number of H-pyrrole nitrogens is 2. The lowest BCUT2D eigenvalue weighted by Crippen LogP contribution is -2.47. The van der Waals surface area contributed by atoms with E-state index in [1.807, 2.05) is 42.5 Å². The van der Waals surface area contributed by atoms with Crippen molar-refractivity contribution in [3.63, 3.8) is 0 Å². The zero-order valence-corrected chi connectivity index (χ0v) is 28.9. The Morgan fingerprint density at radius 2 is 1.06 bits per heavy atom. The maximum atomic E-state index is 11.3. The van der Waals surface area contributed by atoms with Crippen LogP contribution in [0.1, 0.15) is 70.2 Å². The van der Waals surface area contributed by atoms with Crippen LogP contribution in [-0.4, -0.2) is 111 Å². The molecule has 17 atom stereocenters. The Morgan fingerprint density at radius 3 is 1.76 bits per heavy atom. The molecule has 3 aliphatic heterocycles. The molecular weight excluding hydrogens is 688 g/mol. The number of aliphatic imine (C=N–C) groups is 1. The number of aromatic nitrogens is 2. The molecule has 2 fully saturated rings. The minimum absolute atomic E-state index is 0.236. The summed E-state index contributed by atoms with van der Waals surface area (Å²) in [5.41, 5.74) is 11.0. The van der Waals surface area contributed by atoms with Crippen molar-refractivity contribution in [1.82, 2.24) is 15.3 Å². The second-order valence-corrected chi connectivity index (χ2v) is 17.5. The summed E-state index contributed by atoms with van der Waals surface area (Å²) in [4.78, 5) is 12.6. The van der Waals surface area contributed by atoms with Gasteiger partial charge in [0.05, 0.1) is 66.3 Å². The van der Waals surface area contributed by atoms with Gasteiger partial charge in [0.1, 0.15) is 0 Å². The zero-order valence-electron chi connectivity index (χ0n) is 28.9. The monoisotopic (exact) mass is 728 g/mol. The van der Waals surface area contributed by atoms with Crippen molar-refractivity contribution in [3.05, 3.63) is 102 Å². The number of aliphatic hydroxyl groups excluding tert-OH is 8. The molecule has 276 valence electrons. The van der Waals surface area contributed by atoms with Gasteiger partial charge in [0.15, 0.2) is 0 Å². The van der Waals surface area contributed by atoms with Crippen molar-refractivity contribution in [3.8, 4) is 0 Å². The normalized spacial score (nSPS) is 49.1. The van der Waals surface area contributed by atoms with E-state index < -0.39 is 72.5 Å². The first kappa shape index (κ1) is 31.1. The van der Waals surface area contributed by atoms with E-state index in [1.165, 1.54) is 0 Å². The summed E-state index contributed by atoms with van der Waals surface area (Å²) >= 11 is 0. The molecule has 2 aromatic rings. The van der Waals surface area contributed by atoms with Gasteiger partial charge in [0.25, 0.3) is 0 Å². The van der Waals surface area contributed by atoms with Crippen LogP contribution in [0, 0.1) is 23.7 Å². The summed E-state index contributed by atoms with van der Waals surface area (Å²) in [5.74, 6) is -2.94. The quantitative estimate of drug-likeness (QED) is 0.150. The van der Waals surface area contributed by atoms with E-state index in [4.69, 9.17) is 4.99 Å². The number of fused-ring (bicyclic) bond motifs is 22. The lowest BCUT2D eigenvalue weighted by molar-refractivity contribution is -0.0259. The lowest BCUT2D eigenvalue weighted by Gasteiger charge is -2.41. The SMILES string of the molecule is OC1C2C=CC(C3=C2C2=NC/3=C\c3[nH]c(c4c3C3C=CC4C(O)C3O)/C=C3\NC(/C=c4\[nH]/c(c5c4C4CC5C(O)C4O)=C\2)C2=C3C3CC2C(O)C3O)C1O. The Bertz CT molecular complexity index is 2510. The molecule has 0 aromatic carbocycles. The predicted molar refractivity (Wildman–Crippen MR) is 195 cm³/mol. The Balaban J connectivity index is 1.12. The van der Waals surface area contributed by atoms with Gasteiger partial charge in [0, 0.05) is 75.1 Å². The fourth-order valence-electron chi connectivity index (χ4n) is 13.0. The summed E-state index contributed by atoms with van der Waals surface area (Å²) in [6, 6.07) is -0.331. The van der Waals surface area contributed by atoms with Crippen LogP contribution in [0.4, 0.5) is 0 Å². The van der Waals surface area contributed by atoms with Gasteiger partial charge in [-0.15, -0.1) is 0 Å². The number of nitrogens with one attached hydrogen (secondary N) is 3. The maximum absolute atomic E-state index is 11.3. The van der Waals surface area contributed by atoms with Crippen LogP contribution in [0.25, 0.3) is 24.3 Å². The van der Waals surface area contributed by atoms with Crippen LogP contribution in [0.2, 0.25) is 0 Å². The lowest BCUT2D eigenvalue weighted by atomic mass is 9.66. The highest BCUT2D eigenvalue weighted by molar-refractivity contribution is 6.24. The molecule has 0 amide bonds. The number of allylic oxidation sites excluding steroid dienone is 2. The first-order valence-corrected chi connectivity index (χ1v) is 19.4. The molecule has 0 saturated heterocycles.